The largest absolute Gasteiger partial charge is 0.361 e. The SMILES string of the molecule is C[C@@]1(Cc2cc(-c3ccccc3)no2)NC(=O)CC1=O. The Kier molecular flexibility index (Phi) is 2.89. The van der Waals surface area contributed by atoms with E-state index < -0.39 is 5.54 Å². The molecule has 1 amide bonds. The summed E-state index contributed by atoms with van der Waals surface area (Å²) in [6, 6.07) is 11.5. The average Bonchev–Trinajstić information content (AvgIpc) is 2.96. The number of aromatic nitrogens is 1. The number of carbonyl (C=O) groups is 2. The van der Waals surface area contributed by atoms with E-state index in [0.717, 1.165) is 11.3 Å². The molecule has 3 rings (SSSR count). The summed E-state index contributed by atoms with van der Waals surface area (Å²) in [4.78, 5) is 23.2. The van der Waals surface area contributed by atoms with Gasteiger partial charge in [-0.3, -0.25) is 9.59 Å². The van der Waals surface area contributed by atoms with E-state index in [1.54, 1.807) is 13.0 Å². The lowest BCUT2D eigenvalue weighted by molar-refractivity contribution is -0.123. The normalized spacial score (nSPS) is 22.1. The Morgan fingerprint density at radius 2 is 2.05 bits per heavy atom. The molecule has 5 heteroatoms. The number of benzene rings is 1. The van der Waals surface area contributed by atoms with E-state index >= 15 is 0 Å². The van der Waals surface area contributed by atoms with Gasteiger partial charge in [0, 0.05) is 18.1 Å². The Morgan fingerprint density at radius 3 is 2.70 bits per heavy atom. The Labute approximate surface area is 116 Å². The van der Waals surface area contributed by atoms with Crippen LogP contribution in [0.5, 0.6) is 0 Å². The predicted octanol–water partition coefficient (Wildman–Crippen LogP) is 1.73. The van der Waals surface area contributed by atoms with Gasteiger partial charge in [0.25, 0.3) is 0 Å². The third kappa shape index (κ3) is 2.22. The highest BCUT2D eigenvalue weighted by atomic mass is 16.5. The van der Waals surface area contributed by atoms with Crippen LogP contribution in [0.25, 0.3) is 11.3 Å². The summed E-state index contributed by atoms with van der Waals surface area (Å²) in [6.45, 7) is 1.71. The Balaban J connectivity index is 1.82. The number of hydrogen-bond acceptors (Lipinski definition) is 4. The molecule has 1 aromatic carbocycles. The second kappa shape index (κ2) is 4.59. The monoisotopic (exact) mass is 270 g/mol. The molecular weight excluding hydrogens is 256 g/mol. The number of Topliss-reactive ketones (excluding diaryl/α,β-unsaturated/α-hetero) is 1. The van der Waals surface area contributed by atoms with Crippen molar-refractivity contribution in [2.75, 3.05) is 0 Å². The molecule has 20 heavy (non-hydrogen) atoms. The van der Waals surface area contributed by atoms with Crippen molar-refractivity contribution in [2.24, 2.45) is 0 Å². The number of nitrogens with one attached hydrogen (secondary N) is 1. The third-order valence-corrected chi connectivity index (χ3v) is 3.51. The fourth-order valence-electron chi connectivity index (χ4n) is 2.40. The summed E-state index contributed by atoms with van der Waals surface area (Å²) in [6.07, 6.45) is 0.258. The van der Waals surface area contributed by atoms with Crippen LogP contribution in [0.2, 0.25) is 0 Å². The zero-order valence-electron chi connectivity index (χ0n) is 11.1. The first-order chi connectivity index (χ1) is 9.57. The number of amides is 1. The van der Waals surface area contributed by atoms with Crippen LogP contribution in [0, 0.1) is 0 Å². The minimum Gasteiger partial charge on any atom is -0.361 e. The van der Waals surface area contributed by atoms with Crippen LogP contribution in [0.3, 0.4) is 0 Å². The highest BCUT2D eigenvalue weighted by Gasteiger charge is 2.42. The lowest BCUT2D eigenvalue weighted by Gasteiger charge is -2.19. The van der Waals surface area contributed by atoms with Crippen LogP contribution in [-0.2, 0) is 16.0 Å². The van der Waals surface area contributed by atoms with Crippen molar-refractivity contribution in [3.8, 4) is 11.3 Å². The Morgan fingerprint density at radius 1 is 1.30 bits per heavy atom. The maximum absolute atomic E-state index is 11.8. The topological polar surface area (TPSA) is 72.2 Å². The molecule has 1 aliphatic rings. The average molecular weight is 270 g/mol. The minimum atomic E-state index is -0.884. The molecule has 0 spiro atoms. The van der Waals surface area contributed by atoms with E-state index in [1.165, 1.54) is 0 Å². The summed E-state index contributed by atoms with van der Waals surface area (Å²) in [5, 5.41) is 6.71. The number of rotatable bonds is 3. The lowest BCUT2D eigenvalue weighted by atomic mass is 9.93. The van der Waals surface area contributed by atoms with Gasteiger partial charge in [0.05, 0.1) is 6.42 Å². The van der Waals surface area contributed by atoms with Gasteiger partial charge in [-0.2, -0.15) is 0 Å². The van der Waals surface area contributed by atoms with Crippen LogP contribution in [0.4, 0.5) is 0 Å². The Hall–Kier alpha value is -2.43. The van der Waals surface area contributed by atoms with Gasteiger partial charge in [-0.05, 0) is 6.92 Å². The molecule has 1 N–H and O–H groups in total. The molecule has 1 atom stereocenters. The third-order valence-electron chi connectivity index (χ3n) is 3.51. The van der Waals surface area contributed by atoms with Gasteiger partial charge in [-0.1, -0.05) is 35.5 Å². The maximum Gasteiger partial charge on any atom is 0.228 e. The van der Waals surface area contributed by atoms with Crippen molar-refractivity contribution in [1.29, 1.82) is 0 Å². The summed E-state index contributed by atoms with van der Waals surface area (Å²) in [7, 11) is 0. The van der Waals surface area contributed by atoms with E-state index in [2.05, 4.69) is 10.5 Å². The predicted molar refractivity (Wildman–Crippen MR) is 71.8 cm³/mol. The molecule has 0 radical (unpaired) electrons. The lowest BCUT2D eigenvalue weighted by Crippen LogP contribution is -2.45. The smallest absolute Gasteiger partial charge is 0.228 e. The standard InChI is InChI=1S/C15H14N2O3/c1-15(13(18)8-14(19)16-15)9-11-7-12(17-20-11)10-5-3-2-4-6-10/h2-7H,8-9H2,1H3,(H,16,19)/t15-/m0/s1. The van der Waals surface area contributed by atoms with Crippen LogP contribution in [0.1, 0.15) is 19.1 Å². The van der Waals surface area contributed by atoms with Crippen molar-refractivity contribution in [1.82, 2.24) is 10.5 Å². The van der Waals surface area contributed by atoms with Crippen LogP contribution >= 0.6 is 0 Å². The molecule has 2 heterocycles. The van der Waals surface area contributed by atoms with E-state index in [9.17, 15) is 9.59 Å². The summed E-state index contributed by atoms with van der Waals surface area (Å²) < 4.78 is 5.28. The molecular formula is C15H14N2O3. The molecule has 102 valence electrons. The van der Waals surface area contributed by atoms with Crippen molar-refractivity contribution >= 4 is 11.7 Å². The van der Waals surface area contributed by atoms with E-state index in [0.29, 0.717) is 12.2 Å². The highest BCUT2D eigenvalue weighted by Crippen LogP contribution is 2.24. The second-order valence-corrected chi connectivity index (χ2v) is 5.20. The van der Waals surface area contributed by atoms with Crippen LogP contribution in [-0.4, -0.2) is 22.4 Å². The van der Waals surface area contributed by atoms with Gasteiger partial charge in [0.2, 0.25) is 5.91 Å². The van der Waals surface area contributed by atoms with Crippen LogP contribution in [0.15, 0.2) is 40.9 Å². The second-order valence-electron chi connectivity index (χ2n) is 5.20. The number of ketones is 1. The van der Waals surface area contributed by atoms with Gasteiger partial charge >= 0.3 is 0 Å². The van der Waals surface area contributed by atoms with Crippen LogP contribution < -0.4 is 5.32 Å². The molecule has 1 saturated heterocycles. The molecule has 0 unspecified atom stereocenters. The number of carbonyl (C=O) groups excluding carboxylic acids is 2. The maximum atomic E-state index is 11.8. The molecule has 5 nitrogen and oxygen atoms in total. The zero-order chi connectivity index (χ0) is 14.2. The van der Waals surface area contributed by atoms with Gasteiger partial charge in [-0.15, -0.1) is 0 Å². The fraction of sp³-hybridized carbons (Fsp3) is 0.267. The number of hydrogen-bond donors (Lipinski definition) is 1. The van der Waals surface area contributed by atoms with E-state index in [1.807, 2.05) is 30.3 Å². The van der Waals surface area contributed by atoms with Gasteiger partial charge in [0.15, 0.2) is 5.78 Å². The van der Waals surface area contributed by atoms with Crippen molar-refractivity contribution < 1.29 is 14.1 Å². The Bertz CT molecular complexity index is 663. The quantitative estimate of drug-likeness (QED) is 0.862. The minimum absolute atomic E-state index is 0.0593. The van der Waals surface area contributed by atoms with Crippen molar-refractivity contribution in [3.63, 3.8) is 0 Å². The zero-order valence-corrected chi connectivity index (χ0v) is 11.1. The van der Waals surface area contributed by atoms with E-state index in [4.69, 9.17) is 4.52 Å². The molecule has 1 aliphatic heterocycles. The van der Waals surface area contributed by atoms with Crippen molar-refractivity contribution in [2.45, 2.75) is 25.3 Å². The first-order valence-electron chi connectivity index (χ1n) is 6.42. The number of nitrogens with zero attached hydrogens (tertiary/aromatic N) is 1. The summed E-state index contributed by atoms with van der Waals surface area (Å²) in [5.74, 6) is 0.238. The summed E-state index contributed by atoms with van der Waals surface area (Å²) >= 11 is 0. The molecule has 0 aliphatic carbocycles. The molecule has 1 aromatic heterocycles. The first-order valence-corrected chi connectivity index (χ1v) is 6.42. The van der Waals surface area contributed by atoms with Gasteiger partial charge in [0.1, 0.15) is 17.0 Å². The van der Waals surface area contributed by atoms with E-state index in [-0.39, 0.29) is 18.1 Å². The highest BCUT2D eigenvalue weighted by molar-refractivity contribution is 6.10. The fourth-order valence-corrected chi connectivity index (χ4v) is 2.40. The first kappa shape index (κ1) is 12.6. The molecule has 0 bridgehead atoms. The van der Waals surface area contributed by atoms with Crippen molar-refractivity contribution in [3.05, 3.63) is 42.2 Å². The molecule has 2 aromatic rings. The summed E-state index contributed by atoms with van der Waals surface area (Å²) in [5.41, 5.74) is 0.792. The molecule has 0 saturated carbocycles. The van der Waals surface area contributed by atoms with Gasteiger partial charge in [-0.25, -0.2) is 0 Å². The van der Waals surface area contributed by atoms with Gasteiger partial charge < -0.3 is 9.84 Å². The molecule has 1 fully saturated rings.